The number of aromatic nitrogens is 2. The van der Waals surface area contributed by atoms with Crippen LogP contribution in [0.15, 0.2) is 12.5 Å². The Morgan fingerprint density at radius 3 is 3.00 bits per heavy atom. The first kappa shape index (κ1) is 12.6. The van der Waals surface area contributed by atoms with Gasteiger partial charge >= 0.3 is 5.97 Å². The van der Waals surface area contributed by atoms with Gasteiger partial charge in [-0.2, -0.15) is 0 Å². The highest BCUT2D eigenvalue weighted by Crippen LogP contribution is 2.06. The average molecular weight is 252 g/mol. The molecule has 0 aromatic carbocycles. The highest BCUT2D eigenvalue weighted by atomic mass is 16.4. The molecule has 7 heteroatoms. The minimum atomic E-state index is -1.05. The monoisotopic (exact) mass is 252 g/mol. The standard InChI is InChI=1S/C11H16N4O3/c16-10(8-2-1-3-13-8)15-9(11(17)18)4-7-5-12-6-14-7/h5-6,8-9,13H,1-4H2,(H,12,14)(H,15,16)(H,17,18)/t8-,9+/m1/s1. The number of amides is 1. The summed E-state index contributed by atoms with van der Waals surface area (Å²) in [5, 5.41) is 14.7. The van der Waals surface area contributed by atoms with E-state index in [-0.39, 0.29) is 18.4 Å². The molecule has 0 unspecified atom stereocenters. The Hall–Kier alpha value is -1.89. The number of nitrogens with one attached hydrogen (secondary N) is 3. The maximum absolute atomic E-state index is 11.8. The minimum absolute atomic E-state index is 0.202. The van der Waals surface area contributed by atoms with Gasteiger partial charge in [-0.15, -0.1) is 0 Å². The minimum Gasteiger partial charge on any atom is -0.480 e. The molecule has 2 atom stereocenters. The first-order chi connectivity index (χ1) is 8.66. The van der Waals surface area contributed by atoms with Crippen molar-refractivity contribution in [1.29, 1.82) is 0 Å². The van der Waals surface area contributed by atoms with E-state index in [0.717, 1.165) is 19.4 Å². The van der Waals surface area contributed by atoms with E-state index in [9.17, 15) is 9.59 Å². The Bertz CT molecular complexity index is 412. The number of nitrogens with zero attached hydrogens (tertiary/aromatic N) is 1. The third-order valence-corrected chi connectivity index (χ3v) is 2.97. The average Bonchev–Trinajstić information content (AvgIpc) is 3.00. The number of carbonyl (C=O) groups is 2. The Morgan fingerprint density at radius 2 is 2.44 bits per heavy atom. The molecule has 7 nitrogen and oxygen atoms in total. The lowest BCUT2D eigenvalue weighted by atomic mass is 10.1. The van der Waals surface area contributed by atoms with Crippen LogP contribution in [0.5, 0.6) is 0 Å². The van der Waals surface area contributed by atoms with Crippen LogP contribution in [0.2, 0.25) is 0 Å². The summed E-state index contributed by atoms with van der Waals surface area (Å²) in [5.41, 5.74) is 0.682. The molecule has 1 aliphatic rings. The molecule has 1 amide bonds. The second kappa shape index (κ2) is 5.63. The number of carboxylic acid groups (broad SMARTS) is 1. The van der Waals surface area contributed by atoms with E-state index in [2.05, 4.69) is 20.6 Å². The molecule has 2 rings (SSSR count). The van der Waals surface area contributed by atoms with Crippen LogP contribution in [0, 0.1) is 0 Å². The van der Waals surface area contributed by atoms with Crippen LogP contribution in [0.25, 0.3) is 0 Å². The summed E-state index contributed by atoms with van der Waals surface area (Å²) in [6.07, 6.45) is 4.93. The number of hydrogen-bond donors (Lipinski definition) is 4. The lowest BCUT2D eigenvalue weighted by Crippen LogP contribution is -2.49. The fraction of sp³-hybridized carbons (Fsp3) is 0.545. The fourth-order valence-corrected chi connectivity index (χ4v) is 2.00. The van der Waals surface area contributed by atoms with E-state index in [1.54, 1.807) is 6.20 Å². The summed E-state index contributed by atoms with van der Waals surface area (Å²) in [7, 11) is 0. The highest BCUT2D eigenvalue weighted by Gasteiger charge is 2.27. The van der Waals surface area contributed by atoms with Gasteiger partial charge in [0.25, 0.3) is 0 Å². The number of carbonyl (C=O) groups excluding carboxylic acids is 1. The molecule has 1 aromatic rings. The molecule has 0 aliphatic carbocycles. The second-order valence-electron chi connectivity index (χ2n) is 4.33. The number of aromatic amines is 1. The van der Waals surface area contributed by atoms with Gasteiger partial charge in [-0.3, -0.25) is 4.79 Å². The van der Waals surface area contributed by atoms with Crippen LogP contribution in [0.3, 0.4) is 0 Å². The Balaban J connectivity index is 1.93. The summed E-state index contributed by atoms with van der Waals surface area (Å²) < 4.78 is 0. The smallest absolute Gasteiger partial charge is 0.326 e. The van der Waals surface area contributed by atoms with Gasteiger partial charge in [-0.25, -0.2) is 9.78 Å². The molecule has 98 valence electrons. The van der Waals surface area contributed by atoms with Gasteiger partial charge in [0.2, 0.25) is 5.91 Å². The predicted octanol–water partition coefficient (Wildman–Crippen LogP) is -0.726. The van der Waals surface area contributed by atoms with Gasteiger partial charge < -0.3 is 20.7 Å². The molecule has 4 N–H and O–H groups in total. The van der Waals surface area contributed by atoms with Gasteiger partial charge in [0.1, 0.15) is 6.04 Å². The number of hydrogen-bond acceptors (Lipinski definition) is 4. The lowest BCUT2D eigenvalue weighted by molar-refractivity contribution is -0.142. The molecular weight excluding hydrogens is 236 g/mol. The van der Waals surface area contributed by atoms with Crippen LogP contribution in [-0.2, 0) is 16.0 Å². The summed E-state index contributed by atoms with van der Waals surface area (Å²) in [5.74, 6) is -1.30. The van der Waals surface area contributed by atoms with Crippen molar-refractivity contribution in [2.45, 2.75) is 31.3 Å². The van der Waals surface area contributed by atoms with E-state index >= 15 is 0 Å². The van der Waals surface area contributed by atoms with Crippen LogP contribution in [-0.4, -0.2) is 45.6 Å². The van der Waals surface area contributed by atoms with Gasteiger partial charge in [0.05, 0.1) is 12.4 Å². The summed E-state index contributed by atoms with van der Waals surface area (Å²) in [6.45, 7) is 0.802. The van der Waals surface area contributed by atoms with Crippen molar-refractivity contribution < 1.29 is 14.7 Å². The Kier molecular flexibility index (Phi) is 3.93. The molecule has 0 bridgehead atoms. The van der Waals surface area contributed by atoms with Gasteiger partial charge in [0, 0.05) is 18.3 Å². The molecule has 1 aliphatic heterocycles. The SMILES string of the molecule is O=C(O)[C@H](Cc1cnc[nH]1)NC(=O)[C@H]1CCCN1. The van der Waals surface area contributed by atoms with E-state index < -0.39 is 12.0 Å². The summed E-state index contributed by atoms with van der Waals surface area (Å²) in [6, 6.07) is -1.20. The normalized spacial score (nSPS) is 20.6. The van der Waals surface area contributed by atoms with Crippen molar-refractivity contribution in [3.8, 4) is 0 Å². The zero-order chi connectivity index (χ0) is 13.0. The molecule has 1 saturated heterocycles. The van der Waals surface area contributed by atoms with E-state index in [4.69, 9.17) is 5.11 Å². The Labute approximate surface area is 104 Å². The number of H-pyrrole nitrogens is 1. The van der Waals surface area contributed by atoms with E-state index in [1.165, 1.54) is 6.33 Å². The van der Waals surface area contributed by atoms with Gasteiger partial charge in [-0.1, -0.05) is 0 Å². The maximum atomic E-state index is 11.8. The molecule has 0 radical (unpaired) electrons. The summed E-state index contributed by atoms with van der Waals surface area (Å²) >= 11 is 0. The fourth-order valence-electron chi connectivity index (χ4n) is 2.00. The van der Waals surface area contributed by atoms with Crippen molar-refractivity contribution in [3.63, 3.8) is 0 Å². The van der Waals surface area contributed by atoms with Crippen molar-refractivity contribution in [1.82, 2.24) is 20.6 Å². The molecular formula is C11H16N4O3. The maximum Gasteiger partial charge on any atom is 0.326 e. The predicted molar refractivity (Wildman–Crippen MR) is 62.9 cm³/mol. The lowest BCUT2D eigenvalue weighted by Gasteiger charge is -2.16. The molecule has 2 heterocycles. The number of aliphatic carboxylic acids is 1. The van der Waals surface area contributed by atoms with Crippen LogP contribution >= 0.6 is 0 Å². The Morgan fingerprint density at radius 1 is 1.61 bits per heavy atom. The first-order valence-electron chi connectivity index (χ1n) is 5.90. The molecule has 1 aromatic heterocycles. The summed E-state index contributed by atoms with van der Waals surface area (Å²) in [4.78, 5) is 29.6. The van der Waals surface area contributed by atoms with Crippen molar-refractivity contribution in [2.75, 3.05) is 6.54 Å². The van der Waals surface area contributed by atoms with Crippen molar-refractivity contribution in [2.24, 2.45) is 0 Å². The molecule has 0 spiro atoms. The zero-order valence-electron chi connectivity index (χ0n) is 9.85. The highest BCUT2D eigenvalue weighted by molar-refractivity contribution is 5.87. The third-order valence-electron chi connectivity index (χ3n) is 2.97. The number of carboxylic acids is 1. The molecule has 0 saturated carbocycles. The second-order valence-corrected chi connectivity index (χ2v) is 4.33. The zero-order valence-corrected chi connectivity index (χ0v) is 9.85. The van der Waals surface area contributed by atoms with Crippen LogP contribution < -0.4 is 10.6 Å². The quantitative estimate of drug-likeness (QED) is 0.553. The van der Waals surface area contributed by atoms with E-state index in [1.807, 2.05) is 0 Å². The number of rotatable bonds is 5. The van der Waals surface area contributed by atoms with Crippen LogP contribution in [0.1, 0.15) is 18.5 Å². The number of imidazole rings is 1. The topological polar surface area (TPSA) is 107 Å². The van der Waals surface area contributed by atoms with Crippen molar-refractivity contribution in [3.05, 3.63) is 18.2 Å². The third kappa shape index (κ3) is 3.07. The largest absolute Gasteiger partial charge is 0.480 e. The first-order valence-corrected chi connectivity index (χ1v) is 5.90. The molecule has 18 heavy (non-hydrogen) atoms. The van der Waals surface area contributed by atoms with Crippen molar-refractivity contribution >= 4 is 11.9 Å². The molecule has 1 fully saturated rings. The van der Waals surface area contributed by atoms with E-state index in [0.29, 0.717) is 5.69 Å². The van der Waals surface area contributed by atoms with Gasteiger partial charge in [-0.05, 0) is 19.4 Å². The van der Waals surface area contributed by atoms with Crippen LogP contribution in [0.4, 0.5) is 0 Å². The van der Waals surface area contributed by atoms with Gasteiger partial charge in [0.15, 0.2) is 0 Å².